The number of thioether (sulfide) groups is 1. The summed E-state index contributed by atoms with van der Waals surface area (Å²) in [6, 6.07) is 14.3. The van der Waals surface area contributed by atoms with Crippen LogP contribution in [0, 0.1) is 0 Å². The Morgan fingerprint density at radius 3 is 2.86 bits per heavy atom. The molecule has 0 saturated heterocycles. The molecule has 0 spiro atoms. The first-order valence-corrected chi connectivity index (χ1v) is 7.92. The summed E-state index contributed by atoms with van der Waals surface area (Å²) in [5.41, 5.74) is 8.19. The van der Waals surface area contributed by atoms with E-state index in [4.69, 9.17) is 15.2 Å². The highest BCUT2D eigenvalue weighted by atomic mass is 32.2. The predicted octanol–water partition coefficient (Wildman–Crippen LogP) is 3.25. The van der Waals surface area contributed by atoms with Gasteiger partial charge in [0.15, 0.2) is 0 Å². The zero-order valence-corrected chi connectivity index (χ0v) is 12.9. The Balaban J connectivity index is 1.64. The van der Waals surface area contributed by atoms with Crippen molar-refractivity contribution in [2.45, 2.75) is 23.1 Å². The molecule has 0 aliphatic carbocycles. The Kier molecular flexibility index (Phi) is 4.36. The number of nitrogens with two attached hydrogens (primary N) is 1. The second-order valence-corrected chi connectivity index (χ2v) is 6.38. The third-order valence-corrected chi connectivity index (χ3v) is 4.91. The standard InChI is InChI=1S/C17H19NO2S/c1-19-14-6-7-16(13(8-14)10-18)20-11-15-9-12-4-2-3-5-17(12)21-15/h2-8,15H,9-11,18H2,1H3. The number of benzene rings is 2. The third kappa shape index (κ3) is 3.17. The van der Waals surface area contributed by atoms with Crippen molar-refractivity contribution < 1.29 is 9.47 Å². The summed E-state index contributed by atoms with van der Waals surface area (Å²) in [6.07, 6.45) is 1.06. The van der Waals surface area contributed by atoms with Crippen LogP contribution in [0.1, 0.15) is 11.1 Å². The lowest BCUT2D eigenvalue weighted by molar-refractivity contribution is 0.313. The van der Waals surface area contributed by atoms with Crippen LogP contribution >= 0.6 is 11.8 Å². The van der Waals surface area contributed by atoms with E-state index in [1.807, 2.05) is 30.0 Å². The Morgan fingerprint density at radius 2 is 2.10 bits per heavy atom. The zero-order valence-electron chi connectivity index (χ0n) is 12.0. The van der Waals surface area contributed by atoms with Gasteiger partial charge in [-0.15, -0.1) is 11.8 Å². The van der Waals surface area contributed by atoms with Crippen LogP contribution in [0.5, 0.6) is 11.5 Å². The molecule has 1 unspecified atom stereocenters. The SMILES string of the molecule is COc1ccc(OCC2Cc3ccccc3S2)c(CN)c1. The van der Waals surface area contributed by atoms with Gasteiger partial charge in [0, 0.05) is 22.3 Å². The highest BCUT2D eigenvalue weighted by molar-refractivity contribution is 8.00. The number of hydrogen-bond donors (Lipinski definition) is 1. The van der Waals surface area contributed by atoms with Gasteiger partial charge in [-0.2, -0.15) is 0 Å². The van der Waals surface area contributed by atoms with Crippen molar-refractivity contribution in [3.63, 3.8) is 0 Å². The van der Waals surface area contributed by atoms with Gasteiger partial charge in [0.2, 0.25) is 0 Å². The molecule has 110 valence electrons. The third-order valence-electron chi connectivity index (χ3n) is 3.63. The lowest BCUT2D eigenvalue weighted by Gasteiger charge is -2.14. The molecule has 2 N–H and O–H groups in total. The number of fused-ring (bicyclic) bond motifs is 1. The minimum Gasteiger partial charge on any atom is -0.497 e. The lowest BCUT2D eigenvalue weighted by atomic mass is 10.1. The van der Waals surface area contributed by atoms with Crippen LogP contribution in [0.2, 0.25) is 0 Å². The van der Waals surface area contributed by atoms with E-state index in [0.29, 0.717) is 18.4 Å². The van der Waals surface area contributed by atoms with E-state index in [1.54, 1.807) is 7.11 Å². The van der Waals surface area contributed by atoms with E-state index in [-0.39, 0.29) is 0 Å². The van der Waals surface area contributed by atoms with Gasteiger partial charge in [0.05, 0.1) is 7.11 Å². The Hall–Kier alpha value is -1.65. The van der Waals surface area contributed by atoms with Gasteiger partial charge in [-0.25, -0.2) is 0 Å². The van der Waals surface area contributed by atoms with Gasteiger partial charge in [-0.05, 0) is 36.2 Å². The molecular weight excluding hydrogens is 282 g/mol. The summed E-state index contributed by atoms with van der Waals surface area (Å²) in [6.45, 7) is 1.14. The first-order valence-electron chi connectivity index (χ1n) is 7.04. The average molecular weight is 301 g/mol. The minimum absolute atomic E-state index is 0.449. The predicted molar refractivity (Wildman–Crippen MR) is 86.2 cm³/mol. The number of ether oxygens (including phenoxy) is 2. The van der Waals surface area contributed by atoms with Crippen molar-refractivity contribution >= 4 is 11.8 Å². The first-order chi connectivity index (χ1) is 10.3. The van der Waals surface area contributed by atoms with Gasteiger partial charge >= 0.3 is 0 Å². The van der Waals surface area contributed by atoms with Crippen LogP contribution < -0.4 is 15.2 Å². The second-order valence-electron chi connectivity index (χ2n) is 5.04. The number of methoxy groups -OCH3 is 1. The van der Waals surface area contributed by atoms with E-state index in [2.05, 4.69) is 24.3 Å². The molecule has 0 saturated carbocycles. The van der Waals surface area contributed by atoms with Gasteiger partial charge < -0.3 is 15.2 Å². The van der Waals surface area contributed by atoms with E-state index >= 15 is 0 Å². The fraction of sp³-hybridized carbons (Fsp3) is 0.294. The molecule has 21 heavy (non-hydrogen) atoms. The van der Waals surface area contributed by atoms with E-state index in [9.17, 15) is 0 Å². The first kappa shape index (κ1) is 14.3. The van der Waals surface area contributed by atoms with E-state index in [0.717, 1.165) is 23.5 Å². The molecule has 3 rings (SSSR count). The van der Waals surface area contributed by atoms with Gasteiger partial charge in [0.1, 0.15) is 18.1 Å². The molecule has 0 amide bonds. The van der Waals surface area contributed by atoms with Crippen LogP contribution in [-0.4, -0.2) is 19.0 Å². The number of rotatable bonds is 5. The Bertz CT molecular complexity index is 605. The fourth-order valence-electron chi connectivity index (χ4n) is 2.51. The Morgan fingerprint density at radius 1 is 1.24 bits per heavy atom. The molecular formula is C17H19NO2S. The van der Waals surface area contributed by atoms with Crippen LogP contribution in [0.25, 0.3) is 0 Å². The quantitative estimate of drug-likeness (QED) is 0.921. The fourth-order valence-corrected chi connectivity index (χ4v) is 3.73. The van der Waals surface area contributed by atoms with E-state index < -0.39 is 0 Å². The highest BCUT2D eigenvalue weighted by Crippen LogP contribution is 2.37. The smallest absolute Gasteiger partial charge is 0.124 e. The molecule has 1 atom stereocenters. The molecule has 2 aromatic rings. The van der Waals surface area contributed by atoms with Crippen LogP contribution in [-0.2, 0) is 13.0 Å². The summed E-state index contributed by atoms with van der Waals surface area (Å²) in [5, 5.41) is 0.468. The number of hydrogen-bond acceptors (Lipinski definition) is 4. The van der Waals surface area contributed by atoms with Crippen molar-refractivity contribution in [2.75, 3.05) is 13.7 Å². The van der Waals surface area contributed by atoms with Crippen LogP contribution in [0.15, 0.2) is 47.4 Å². The summed E-state index contributed by atoms with van der Waals surface area (Å²) < 4.78 is 11.2. The van der Waals surface area contributed by atoms with Crippen LogP contribution in [0.3, 0.4) is 0 Å². The summed E-state index contributed by atoms with van der Waals surface area (Å²) in [5.74, 6) is 1.67. The highest BCUT2D eigenvalue weighted by Gasteiger charge is 2.22. The molecule has 1 aliphatic rings. The molecule has 0 aromatic heterocycles. The van der Waals surface area contributed by atoms with Crippen molar-refractivity contribution in [3.8, 4) is 11.5 Å². The molecule has 1 heterocycles. The Labute approximate surface area is 129 Å². The van der Waals surface area contributed by atoms with Crippen molar-refractivity contribution in [2.24, 2.45) is 5.73 Å². The normalized spacial score (nSPS) is 16.6. The molecule has 0 radical (unpaired) electrons. The largest absolute Gasteiger partial charge is 0.497 e. The van der Waals surface area contributed by atoms with E-state index in [1.165, 1.54) is 10.5 Å². The maximum atomic E-state index is 5.99. The maximum Gasteiger partial charge on any atom is 0.124 e. The molecule has 1 aliphatic heterocycles. The van der Waals surface area contributed by atoms with Gasteiger partial charge in [-0.1, -0.05) is 18.2 Å². The molecule has 3 nitrogen and oxygen atoms in total. The maximum absolute atomic E-state index is 5.99. The lowest BCUT2D eigenvalue weighted by Crippen LogP contribution is -2.14. The minimum atomic E-state index is 0.449. The van der Waals surface area contributed by atoms with Crippen molar-refractivity contribution in [1.29, 1.82) is 0 Å². The zero-order chi connectivity index (χ0) is 14.7. The monoisotopic (exact) mass is 301 g/mol. The van der Waals surface area contributed by atoms with Crippen molar-refractivity contribution in [1.82, 2.24) is 0 Å². The molecule has 4 heteroatoms. The van der Waals surface area contributed by atoms with Gasteiger partial charge in [0.25, 0.3) is 0 Å². The summed E-state index contributed by atoms with van der Waals surface area (Å²) >= 11 is 1.90. The molecule has 0 fully saturated rings. The second kappa shape index (κ2) is 6.41. The average Bonchev–Trinajstić information content (AvgIpc) is 2.95. The molecule has 2 aromatic carbocycles. The van der Waals surface area contributed by atoms with Crippen LogP contribution in [0.4, 0.5) is 0 Å². The molecule has 0 bridgehead atoms. The summed E-state index contributed by atoms with van der Waals surface area (Å²) in [7, 11) is 1.66. The topological polar surface area (TPSA) is 44.5 Å². The van der Waals surface area contributed by atoms with Gasteiger partial charge in [-0.3, -0.25) is 0 Å². The summed E-state index contributed by atoms with van der Waals surface area (Å²) in [4.78, 5) is 1.37. The van der Waals surface area contributed by atoms with Crippen molar-refractivity contribution in [3.05, 3.63) is 53.6 Å².